The van der Waals surface area contributed by atoms with Gasteiger partial charge < -0.3 is 15.2 Å². The van der Waals surface area contributed by atoms with E-state index in [-0.39, 0.29) is 29.9 Å². The van der Waals surface area contributed by atoms with Crippen LogP contribution in [0, 0.1) is 16.0 Å². The Morgan fingerprint density at radius 2 is 1.73 bits per heavy atom. The Hall–Kier alpha value is -3.75. The predicted octanol–water partition coefficient (Wildman–Crippen LogP) is 6.77. The van der Waals surface area contributed by atoms with Crippen LogP contribution in [0.1, 0.15) is 118 Å². The van der Waals surface area contributed by atoms with Crippen molar-refractivity contribution in [2.24, 2.45) is 5.92 Å². The zero-order valence-corrected chi connectivity index (χ0v) is 24.3. The topological polar surface area (TPSA) is 136 Å². The van der Waals surface area contributed by atoms with E-state index < -0.39 is 45.3 Å². The van der Waals surface area contributed by atoms with E-state index in [0.717, 1.165) is 37.7 Å². The van der Waals surface area contributed by atoms with Gasteiger partial charge in [-0.25, -0.2) is 0 Å². The maximum Gasteiger partial charge on any atom is 0.311 e. The number of nitrogens with one attached hydrogen (secondary N) is 1. The first-order valence-electron chi connectivity index (χ1n) is 14.8. The van der Waals surface area contributed by atoms with Gasteiger partial charge in [-0.05, 0) is 30.4 Å². The average molecular weight is 565 g/mol. The Morgan fingerprint density at radius 3 is 2.37 bits per heavy atom. The molecule has 220 valence electrons. The minimum absolute atomic E-state index is 0.119. The van der Waals surface area contributed by atoms with Crippen LogP contribution in [0.15, 0.2) is 36.4 Å². The Balaban J connectivity index is 2.01. The molecular formula is C32H40N2O7. The number of ketones is 1. The number of hydrogen-bond acceptors (Lipinski definition) is 6. The number of carbonyl (C=O) groups is 3. The number of benzene rings is 2. The van der Waals surface area contributed by atoms with Gasteiger partial charge in [0.25, 0.3) is 5.69 Å². The van der Waals surface area contributed by atoms with Crippen LogP contribution in [0.5, 0.6) is 5.75 Å². The van der Waals surface area contributed by atoms with Gasteiger partial charge in [0.15, 0.2) is 11.1 Å². The summed E-state index contributed by atoms with van der Waals surface area (Å²) in [6, 6.07) is 9.58. The van der Waals surface area contributed by atoms with Crippen molar-refractivity contribution in [1.82, 2.24) is 5.32 Å². The third kappa shape index (κ3) is 4.89. The van der Waals surface area contributed by atoms with Crippen LogP contribution in [0.25, 0.3) is 0 Å². The van der Waals surface area contributed by atoms with Crippen LogP contribution in [-0.4, -0.2) is 27.7 Å². The SMILES string of the molecule is CCCCCCC(=O)NC12C(=O)c3c([N+](=O)[O-])cccc3C1(C(CCCCC)C(=O)O)Oc1cc(C(C)C)ccc12. The summed E-state index contributed by atoms with van der Waals surface area (Å²) in [5, 5.41) is 25.8. The maximum atomic E-state index is 14.7. The number of nitrogens with zero attached hydrogens (tertiary/aromatic N) is 1. The highest BCUT2D eigenvalue weighted by molar-refractivity contribution is 6.15. The molecule has 0 bridgehead atoms. The zero-order valence-electron chi connectivity index (χ0n) is 24.3. The van der Waals surface area contributed by atoms with E-state index in [1.54, 1.807) is 18.2 Å². The van der Waals surface area contributed by atoms with E-state index in [2.05, 4.69) is 12.2 Å². The summed E-state index contributed by atoms with van der Waals surface area (Å²) in [7, 11) is 0. The van der Waals surface area contributed by atoms with Crippen molar-refractivity contribution in [2.45, 2.75) is 103 Å². The fourth-order valence-corrected chi connectivity index (χ4v) is 6.54. The highest BCUT2D eigenvalue weighted by Gasteiger charge is 2.76. The molecule has 1 aliphatic carbocycles. The van der Waals surface area contributed by atoms with Crippen molar-refractivity contribution in [2.75, 3.05) is 0 Å². The van der Waals surface area contributed by atoms with Gasteiger partial charge in [-0.1, -0.05) is 90.5 Å². The molecule has 4 rings (SSSR count). The second kappa shape index (κ2) is 12.0. The molecular weight excluding hydrogens is 524 g/mol. The molecule has 3 unspecified atom stereocenters. The first kappa shape index (κ1) is 30.2. The van der Waals surface area contributed by atoms with E-state index in [1.807, 2.05) is 26.8 Å². The number of Topliss-reactive ketones (excluding diaryl/α,β-unsaturated/α-hetero) is 1. The lowest BCUT2D eigenvalue weighted by atomic mass is 9.67. The van der Waals surface area contributed by atoms with Crippen LogP contribution in [-0.2, 0) is 20.7 Å². The Morgan fingerprint density at radius 1 is 1.02 bits per heavy atom. The molecule has 0 spiro atoms. The first-order valence-corrected chi connectivity index (χ1v) is 14.8. The van der Waals surface area contributed by atoms with Gasteiger partial charge in [0.05, 0.1) is 4.92 Å². The third-order valence-corrected chi connectivity index (χ3v) is 8.58. The highest BCUT2D eigenvalue weighted by Crippen LogP contribution is 2.64. The summed E-state index contributed by atoms with van der Waals surface area (Å²) in [5.74, 6) is -3.15. The smallest absolute Gasteiger partial charge is 0.311 e. The van der Waals surface area contributed by atoms with E-state index in [1.165, 1.54) is 12.1 Å². The summed E-state index contributed by atoms with van der Waals surface area (Å²) >= 11 is 0. The van der Waals surface area contributed by atoms with Crippen molar-refractivity contribution in [3.63, 3.8) is 0 Å². The molecule has 1 heterocycles. The average Bonchev–Trinajstić information content (AvgIpc) is 3.32. The van der Waals surface area contributed by atoms with Crippen molar-refractivity contribution in [3.05, 3.63) is 68.8 Å². The lowest BCUT2D eigenvalue weighted by Crippen LogP contribution is -2.64. The molecule has 0 aromatic heterocycles. The predicted molar refractivity (Wildman–Crippen MR) is 154 cm³/mol. The number of aliphatic carboxylic acids is 1. The monoisotopic (exact) mass is 564 g/mol. The molecule has 2 aromatic rings. The summed E-state index contributed by atoms with van der Waals surface area (Å²) < 4.78 is 6.70. The molecule has 2 aliphatic rings. The molecule has 0 saturated carbocycles. The molecule has 0 saturated heterocycles. The van der Waals surface area contributed by atoms with Crippen molar-refractivity contribution in [1.29, 1.82) is 0 Å². The molecule has 2 N–H and O–H groups in total. The number of nitro groups is 1. The summed E-state index contributed by atoms with van der Waals surface area (Å²) in [5.41, 5.74) is -3.12. The quantitative estimate of drug-likeness (QED) is 0.147. The lowest BCUT2D eigenvalue weighted by Gasteiger charge is -2.42. The molecule has 1 amide bonds. The van der Waals surface area contributed by atoms with Crippen molar-refractivity contribution < 1.29 is 29.2 Å². The summed E-state index contributed by atoms with van der Waals surface area (Å²) in [6.07, 6.45) is 5.84. The molecule has 0 fully saturated rings. The number of carbonyl (C=O) groups excluding carboxylic acids is 2. The molecule has 9 heteroatoms. The summed E-state index contributed by atoms with van der Waals surface area (Å²) in [6.45, 7) is 8.09. The number of carboxylic acids is 1. The van der Waals surface area contributed by atoms with Crippen LogP contribution >= 0.6 is 0 Å². The molecule has 41 heavy (non-hydrogen) atoms. The minimum Gasteiger partial charge on any atom is -0.481 e. The molecule has 3 atom stereocenters. The van der Waals surface area contributed by atoms with Crippen LogP contribution in [0.2, 0.25) is 0 Å². The Bertz CT molecular complexity index is 1350. The molecule has 0 radical (unpaired) electrons. The van der Waals surface area contributed by atoms with E-state index in [0.29, 0.717) is 24.2 Å². The number of amides is 1. The number of rotatable bonds is 14. The van der Waals surface area contributed by atoms with Gasteiger partial charge in [-0.2, -0.15) is 0 Å². The van der Waals surface area contributed by atoms with E-state index >= 15 is 0 Å². The van der Waals surface area contributed by atoms with E-state index in [9.17, 15) is 29.6 Å². The van der Waals surface area contributed by atoms with Gasteiger partial charge in [0.1, 0.15) is 17.2 Å². The zero-order chi connectivity index (χ0) is 29.9. The number of ether oxygens (including phenoxy) is 1. The minimum atomic E-state index is -1.97. The number of carboxylic acid groups (broad SMARTS) is 1. The summed E-state index contributed by atoms with van der Waals surface area (Å²) in [4.78, 5) is 52.9. The van der Waals surface area contributed by atoms with Crippen LogP contribution in [0.4, 0.5) is 5.69 Å². The number of fused-ring (bicyclic) bond motifs is 5. The Kier molecular flexibility index (Phi) is 8.85. The largest absolute Gasteiger partial charge is 0.481 e. The fourth-order valence-electron chi connectivity index (χ4n) is 6.54. The van der Waals surface area contributed by atoms with Gasteiger partial charge in [-0.15, -0.1) is 0 Å². The second-order valence-electron chi connectivity index (χ2n) is 11.5. The highest BCUT2D eigenvalue weighted by atomic mass is 16.6. The molecule has 9 nitrogen and oxygen atoms in total. The standard InChI is InChI=1S/C32H40N2O7/c1-5-7-9-11-16-27(35)33-31-22-18-17-21(20(3)4)19-26(22)41-32(31,24(30(37)38)13-10-8-6-2)23-14-12-15-25(34(39)40)28(23)29(31)36/h12,14-15,17-20,24H,5-11,13,16H2,1-4H3,(H,33,35)(H,37,38). The first-order chi connectivity index (χ1) is 19.6. The fraction of sp³-hybridized carbons (Fsp3) is 0.531. The number of unbranched alkanes of at least 4 members (excludes halogenated alkanes) is 5. The van der Waals surface area contributed by atoms with Crippen LogP contribution < -0.4 is 10.1 Å². The van der Waals surface area contributed by atoms with E-state index in [4.69, 9.17) is 4.74 Å². The van der Waals surface area contributed by atoms with Gasteiger partial charge >= 0.3 is 5.97 Å². The maximum absolute atomic E-state index is 14.7. The van der Waals surface area contributed by atoms with Crippen LogP contribution in [0.3, 0.4) is 0 Å². The Labute approximate surface area is 240 Å². The second-order valence-corrected chi connectivity index (χ2v) is 11.5. The molecule has 2 aromatic carbocycles. The van der Waals surface area contributed by atoms with Crippen molar-refractivity contribution in [3.8, 4) is 5.75 Å². The van der Waals surface area contributed by atoms with Crippen molar-refractivity contribution >= 4 is 23.3 Å². The number of hydrogen-bond donors (Lipinski definition) is 2. The van der Waals surface area contributed by atoms with Gasteiger partial charge in [0.2, 0.25) is 11.7 Å². The lowest BCUT2D eigenvalue weighted by molar-refractivity contribution is -0.385. The third-order valence-electron chi connectivity index (χ3n) is 8.58. The van der Waals surface area contributed by atoms with Gasteiger partial charge in [0, 0.05) is 23.6 Å². The number of nitro benzene ring substituents is 1. The normalized spacial score (nSPS) is 21.1. The molecule has 1 aliphatic heterocycles. The van der Waals surface area contributed by atoms with Gasteiger partial charge in [-0.3, -0.25) is 24.5 Å².